The van der Waals surface area contributed by atoms with Gasteiger partial charge in [0.05, 0.1) is 51.2 Å². The van der Waals surface area contributed by atoms with Crippen LogP contribution in [-0.4, -0.2) is 80.0 Å². The van der Waals surface area contributed by atoms with Crippen molar-refractivity contribution in [3.63, 3.8) is 0 Å². The van der Waals surface area contributed by atoms with Gasteiger partial charge in [0.15, 0.2) is 0 Å². The van der Waals surface area contributed by atoms with Gasteiger partial charge in [-0.3, -0.25) is 19.2 Å². The number of amides is 2. The van der Waals surface area contributed by atoms with Crippen molar-refractivity contribution in [1.29, 1.82) is 0 Å². The minimum atomic E-state index is -0.330. The van der Waals surface area contributed by atoms with E-state index in [0.717, 1.165) is 68.9 Å². The summed E-state index contributed by atoms with van der Waals surface area (Å²) >= 11 is 0. The maximum atomic E-state index is 12.7. The van der Waals surface area contributed by atoms with Crippen molar-refractivity contribution in [2.24, 2.45) is 5.73 Å². The number of hydrogen-bond acceptors (Lipinski definition) is 10. The van der Waals surface area contributed by atoms with Gasteiger partial charge in [-0.05, 0) is 43.2 Å². The first-order chi connectivity index (χ1) is 49.1. The smallest absolute Gasteiger partial charge is 0.305 e. The highest BCUT2D eigenvalue weighted by atomic mass is 16.5. The van der Waals surface area contributed by atoms with Gasteiger partial charge in [0.1, 0.15) is 13.2 Å². The molecule has 0 fully saturated rings. The fourth-order valence-corrected chi connectivity index (χ4v) is 12.6. The molecular formula is C88H161N3O9. The summed E-state index contributed by atoms with van der Waals surface area (Å²) in [5.41, 5.74) is 7.67. The van der Waals surface area contributed by atoms with Crippen LogP contribution in [0.15, 0.2) is 60.7 Å². The quantitative estimate of drug-likeness (QED) is 0.0368. The van der Waals surface area contributed by atoms with Crippen LogP contribution in [0.2, 0.25) is 0 Å². The molecule has 0 spiro atoms. The average molecular weight is 1410 g/mol. The fourth-order valence-electron chi connectivity index (χ4n) is 12.6. The van der Waals surface area contributed by atoms with Gasteiger partial charge in [-0.1, -0.05) is 403 Å². The SMILES string of the molecule is CCCCCCCCCCCCCCCC(=O)N[C@@H](CC)COC(=O)CCCCCCCCCCCCCCC.CCCCCCCCCCCCCCCC(=O)N[C@@H](COCc1ccccc1)COC(=O)CCCCCCCCCCCCCCC.N[C@H](CO)COCc1ccccc1. The lowest BCUT2D eigenvalue weighted by atomic mass is 10.0. The first-order valence-electron chi connectivity index (χ1n) is 42.6. The minimum absolute atomic E-state index is 0.0222. The maximum absolute atomic E-state index is 12.7. The van der Waals surface area contributed by atoms with Crippen molar-refractivity contribution >= 4 is 23.8 Å². The summed E-state index contributed by atoms with van der Waals surface area (Å²) in [5, 5.41) is 14.8. The van der Waals surface area contributed by atoms with E-state index >= 15 is 0 Å². The molecule has 2 aromatic rings. The molecule has 2 rings (SSSR count). The van der Waals surface area contributed by atoms with Crippen LogP contribution < -0.4 is 16.4 Å². The van der Waals surface area contributed by atoms with Crippen LogP contribution in [0.25, 0.3) is 0 Å². The molecule has 5 N–H and O–H groups in total. The van der Waals surface area contributed by atoms with E-state index in [1.54, 1.807) is 0 Å². The first-order valence-corrected chi connectivity index (χ1v) is 42.6. The lowest BCUT2D eigenvalue weighted by Crippen LogP contribution is -2.42. The molecule has 0 unspecified atom stereocenters. The molecule has 0 radical (unpaired) electrons. The molecule has 2 aromatic carbocycles. The summed E-state index contributed by atoms with van der Waals surface area (Å²) in [6, 6.07) is 19.2. The monoisotopic (exact) mass is 1400 g/mol. The molecule has 12 nitrogen and oxygen atoms in total. The summed E-state index contributed by atoms with van der Waals surface area (Å²) in [6.45, 7) is 13.3. The van der Waals surface area contributed by atoms with Crippen LogP contribution in [0.1, 0.15) is 412 Å². The van der Waals surface area contributed by atoms with Crippen LogP contribution in [0.4, 0.5) is 0 Å². The van der Waals surface area contributed by atoms with Crippen molar-refractivity contribution in [2.45, 2.75) is 432 Å². The van der Waals surface area contributed by atoms with Gasteiger partial charge in [-0.2, -0.15) is 0 Å². The molecule has 0 aliphatic carbocycles. The van der Waals surface area contributed by atoms with Gasteiger partial charge in [0, 0.05) is 25.7 Å². The van der Waals surface area contributed by atoms with Crippen LogP contribution in [0, 0.1) is 0 Å². The number of rotatable bonds is 72. The van der Waals surface area contributed by atoms with E-state index in [9.17, 15) is 19.2 Å². The summed E-state index contributed by atoms with van der Waals surface area (Å²) in [7, 11) is 0. The van der Waals surface area contributed by atoms with Crippen molar-refractivity contribution in [3.05, 3.63) is 71.8 Å². The number of esters is 2. The Balaban J connectivity index is 0.00000167. The Labute approximate surface area is 617 Å². The van der Waals surface area contributed by atoms with Gasteiger partial charge >= 0.3 is 11.9 Å². The predicted octanol–water partition coefficient (Wildman–Crippen LogP) is 24.1. The molecule has 3 atom stereocenters. The number of nitrogens with one attached hydrogen (secondary N) is 2. The van der Waals surface area contributed by atoms with Crippen molar-refractivity contribution in [3.8, 4) is 0 Å². The molecule has 12 heteroatoms. The first kappa shape index (κ1) is 96.2. The number of carbonyl (C=O) groups is 4. The average Bonchev–Trinajstić information content (AvgIpc) is 2.10. The highest BCUT2D eigenvalue weighted by Crippen LogP contribution is 2.19. The molecule has 0 bridgehead atoms. The van der Waals surface area contributed by atoms with E-state index in [1.807, 2.05) is 67.6 Å². The lowest BCUT2D eigenvalue weighted by Gasteiger charge is -2.19. The van der Waals surface area contributed by atoms with E-state index in [1.165, 1.54) is 283 Å². The summed E-state index contributed by atoms with van der Waals surface area (Å²) in [6.07, 6.45) is 70.3. The van der Waals surface area contributed by atoms with Gasteiger partial charge < -0.3 is 40.4 Å². The number of unbranched alkanes of at least 4 members (excludes halogenated alkanes) is 48. The minimum Gasteiger partial charge on any atom is -0.463 e. The molecule has 0 saturated heterocycles. The molecule has 100 heavy (non-hydrogen) atoms. The van der Waals surface area contributed by atoms with E-state index in [4.69, 9.17) is 29.8 Å². The Bertz CT molecular complexity index is 1990. The highest BCUT2D eigenvalue weighted by Gasteiger charge is 2.17. The molecule has 582 valence electrons. The zero-order valence-corrected chi connectivity index (χ0v) is 66.1. The van der Waals surface area contributed by atoms with Gasteiger partial charge in [0.25, 0.3) is 0 Å². The Morgan fingerprint density at radius 3 is 0.830 bits per heavy atom. The number of ether oxygens (including phenoxy) is 4. The summed E-state index contributed by atoms with van der Waals surface area (Å²) in [5.74, 6) is -0.171. The second-order valence-corrected chi connectivity index (χ2v) is 29.2. The Kier molecular flexibility index (Phi) is 76.2. The maximum Gasteiger partial charge on any atom is 0.305 e. The predicted molar refractivity (Wildman–Crippen MR) is 425 cm³/mol. The van der Waals surface area contributed by atoms with Crippen molar-refractivity contribution < 1.29 is 43.2 Å². The fraction of sp³-hybridized carbons (Fsp3) is 0.818. The van der Waals surface area contributed by atoms with E-state index in [-0.39, 0.29) is 55.1 Å². The number of aliphatic hydroxyl groups excluding tert-OH is 1. The molecule has 0 aliphatic rings. The number of aliphatic hydroxyl groups is 1. The standard InChI is InChI=1S/C42H75NO4.C36H71NO3.C10H15NO2/c1-3-5-7-9-11-13-15-17-19-21-23-25-30-34-41(44)43-40(37-46-36-39-32-28-27-29-33-39)38-47-42(45)35-31-26-24-22-20-18-16-14-12-10-8-6-4-2;1-4-7-9-11-13-15-17-19-21-23-25-27-29-31-35(38)37-34(6-3)33-40-36(39)32-30-28-26-24-22-20-18-16-14-12-10-8-5-2;11-10(6-12)8-13-7-9-4-2-1-3-5-9/h27-29,32-33,40H,3-26,30-31,34-38H2,1-2H3,(H,43,44);34H,4-33H2,1-3H3,(H,37,38);1-5,10,12H,6-8,11H2/t40-;34-;10-/m001/s1. The Morgan fingerprint density at radius 2 is 0.560 bits per heavy atom. The number of nitrogens with two attached hydrogens (primary N) is 1. The third-order valence-corrected chi connectivity index (χ3v) is 19.2. The normalized spacial score (nSPS) is 12.0. The third-order valence-electron chi connectivity index (χ3n) is 19.2. The molecule has 0 aromatic heterocycles. The Hall–Kier alpha value is -3.84. The summed E-state index contributed by atoms with van der Waals surface area (Å²) in [4.78, 5) is 49.6. The van der Waals surface area contributed by atoms with Gasteiger partial charge in [-0.15, -0.1) is 0 Å². The van der Waals surface area contributed by atoms with E-state index in [2.05, 4.69) is 38.3 Å². The van der Waals surface area contributed by atoms with E-state index in [0.29, 0.717) is 58.7 Å². The third kappa shape index (κ3) is 72.5. The van der Waals surface area contributed by atoms with Crippen LogP contribution in [0.3, 0.4) is 0 Å². The number of hydrogen-bond donors (Lipinski definition) is 4. The van der Waals surface area contributed by atoms with Crippen molar-refractivity contribution in [2.75, 3.05) is 33.0 Å². The Morgan fingerprint density at radius 1 is 0.320 bits per heavy atom. The van der Waals surface area contributed by atoms with Crippen LogP contribution in [-0.2, 0) is 51.3 Å². The molecule has 0 heterocycles. The van der Waals surface area contributed by atoms with Crippen LogP contribution in [0.5, 0.6) is 0 Å². The van der Waals surface area contributed by atoms with E-state index < -0.39 is 0 Å². The second-order valence-electron chi connectivity index (χ2n) is 29.2. The largest absolute Gasteiger partial charge is 0.463 e. The van der Waals surface area contributed by atoms with Crippen LogP contribution >= 0.6 is 0 Å². The van der Waals surface area contributed by atoms with Gasteiger partial charge in [0.2, 0.25) is 11.8 Å². The lowest BCUT2D eigenvalue weighted by molar-refractivity contribution is -0.146. The second kappa shape index (κ2) is 79.3. The molecule has 2 amide bonds. The zero-order valence-electron chi connectivity index (χ0n) is 66.1. The topological polar surface area (TPSA) is 176 Å². The molecular weight excluding hydrogens is 1240 g/mol. The molecule has 0 saturated carbocycles. The zero-order chi connectivity index (χ0) is 72.8. The highest BCUT2D eigenvalue weighted by molar-refractivity contribution is 5.76. The number of carbonyl (C=O) groups excluding carboxylic acids is 4. The van der Waals surface area contributed by atoms with Crippen molar-refractivity contribution in [1.82, 2.24) is 10.6 Å². The van der Waals surface area contributed by atoms with Gasteiger partial charge in [-0.25, -0.2) is 0 Å². The summed E-state index contributed by atoms with van der Waals surface area (Å²) < 4.78 is 22.3. The molecule has 0 aliphatic heterocycles. The number of benzene rings is 2.